The maximum absolute atomic E-state index is 13.6. The van der Waals surface area contributed by atoms with Gasteiger partial charge in [-0.05, 0) is 37.3 Å². The molecule has 4 heterocycles. The van der Waals surface area contributed by atoms with E-state index in [0.717, 1.165) is 35.5 Å². The number of anilines is 1. The maximum atomic E-state index is 13.6. The van der Waals surface area contributed by atoms with E-state index in [4.69, 9.17) is 0 Å². The topological polar surface area (TPSA) is 59.2 Å². The van der Waals surface area contributed by atoms with Crippen LogP contribution < -0.4 is 4.90 Å². The average molecular weight is 415 g/mol. The minimum Gasteiger partial charge on any atom is -0.369 e. The molecule has 1 aliphatic rings. The molecule has 0 aromatic carbocycles. The number of hydrogen-bond acceptors (Lipinski definition) is 4. The first kappa shape index (κ1) is 20.0. The molecule has 156 valence electrons. The fourth-order valence-electron chi connectivity index (χ4n) is 4.24. The van der Waals surface area contributed by atoms with Crippen LogP contribution in [0.1, 0.15) is 19.2 Å². The standard InChI is InChI=1S/C21H30N6OS/c1-15-8-12-27(29(6,28)20-14-25(4)16(2)23-20)13-19(15)26(5)18-7-10-22-21-17(18)9-11-24(21)3/h7,9-11,14-15,19H,6,8,12-13H2,1-5H3/t15-,19+,29?/m1/s1. The molecule has 0 aliphatic carbocycles. The molecule has 1 aliphatic heterocycles. The Morgan fingerprint density at radius 1 is 1.28 bits per heavy atom. The number of aryl methyl sites for hydroxylation is 3. The summed E-state index contributed by atoms with van der Waals surface area (Å²) in [5.74, 6) is 5.43. The van der Waals surface area contributed by atoms with Crippen molar-refractivity contribution in [1.29, 1.82) is 0 Å². The van der Waals surface area contributed by atoms with Crippen LogP contribution in [0.15, 0.2) is 35.7 Å². The van der Waals surface area contributed by atoms with Crippen LogP contribution in [0.3, 0.4) is 0 Å². The van der Waals surface area contributed by atoms with Gasteiger partial charge in [0.2, 0.25) is 0 Å². The molecule has 4 rings (SSSR count). The Hall–Kier alpha value is -2.32. The molecule has 0 amide bonds. The Kier molecular flexibility index (Phi) is 4.94. The lowest BCUT2D eigenvalue weighted by Gasteiger charge is -2.43. The van der Waals surface area contributed by atoms with Gasteiger partial charge in [0.15, 0.2) is 5.03 Å². The molecule has 1 fully saturated rings. The average Bonchev–Trinajstić information content (AvgIpc) is 3.24. The fraction of sp³-hybridized carbons (Fsp3) is 0.476. The smallest absolute Gasteiger partial charge is 0.151 e. The molecule has 0 radical (unpaired) electrons. The lowest BCUT2D eigenvalue weighted by molar-refractivity contribution is 0.255. The van der Waals surface area contributed by atoms with Gasteiger partial charge in [-0.1, -0.05) is 6.92 Å². The van der Waals surface area contributed by atoms with Crippen molar-refractivity contribution in [2.24, 2.45) is 20.0 Å². The van der Waals surface area contributed by atoms with Gasteiger partial charge >= 0.3 is 0 Å². The van der Waals surface area contributed by atoms with Crippen LogP contribution in [0.5, 0.6) is 0 Å². The molecule has 1 unspecified atom stereocenters. The zero-order valence-electron chi connectivity index (χ0n) is 17.9. The van der Waals surface area contributed by atoms with Gasteiger partial charge in [0, 0.05) is 69.9 Å². The van der Waals surface area contributed by atoms with Crippen molar-refractivity contribution in [1.82, 2.24) is 23.4 Å². The molecule has 3 atom stereocenters. The Balaban J connectivity index is 1.65. The Bertz CT molecular complexity index is 1130. The molecule has 7 nitrogen and oxygen atoms in total. The van der Waals surface area contributed by atoms with Gasteiger partial charge in [-0.2, -0.15) is 0 Å². The van der Waals surface area contributed by atoms with E-state index >= 15 is 0 Å². The summed E-state index contributed by atoms with van der Waals surface area (Å²) in [6, 6.07) is 4.40. The molecular weight excluding hydrogens is 384 g/mol. The van der Waals surface area contributed by atoms with E-state index in [9.17, 15) is 4.21 Å². The molecule has 8 heteroatoms. The number of likely N-dealkylation sites (N-methyl/N-ethyl adjacent to an activating group) is 1. The Morgan fingerprint density at radius 3 is 2.72 bits per heavy atom. The Morgan fingerprint density at radius 2 is 2.03 bits per heavy atom. The second-order valence-electron chi connectivity index (χ2n) is 8.20. The molecule has 0 spiro atoms. The number of rotatable bonds is 4. The molecule has 0 N–H and O–H groups in total. The summed E-state index contributed by atoms with van der Waals surface area (Å²) in [6.45, 7) is 5.65. The monoisotopic (exact) mass is 414 g/mol. The highest BCUT2D eigenvalue weighted by atomic mass is 32.2. The van der Waals surface area contributed by atoms with Crippen LogP contribution in [-0.4, -0.2) is 59.7 Å². The van der Waals surface area contributed by atoms with Crippen molar-refractivity contribution in [3.8, 4) is 0 Å². The largest absolute Gasteiger partial charge is 0.369 e. The zero-order chi connectivity index (χ0) is 20.9. The van der Waals surface area contributed by atoms with Gasteiger partial charge < -0.3 is 14.0 Å². The van der Waals surface area contributed by atoms with Crippen molar-refractivity contribution in [3.05, 3.63) is 36.5 Å². The normalized spacial score (nSPS) is 22.7. The summed E-state index contributed by atoms with van der Waals surface area (Å²) in [5, 5.41) is 1.71. The van der Waals surface area contributed by atoms with Gasteiger partial charge in [0.25, 0.3) is 0 Å². The van der Waals surface area contributed by atoms with Crippen molar-refractivity contribution < 1.29 is 4.21 Å². The number of fused-ring (bicyclic) bond motifs is 1. The SMILES string of the molecule is C=S(=O)(c1cn(C)c(C)n1)N1CC[C@@H](C)[C@@H](N(C)c2ccnc3c2ccn3C)C1. The van der Waals surface area contributed by atoms with Crippen LogP contribution >= 0.6 is 0 Å². The highest BCUT2D eigenvalue weighted by Crippen LogP contribution is 2.32. The Labute approximate surface area is 173 Å². The van der Waals surface area contributed by atoms with Crippen molar-refractivity contribution in [2.75, 3.05) is 25.0 Å². The van der Waals surface area contributed by atoms with Gasteiger partial charge in [-0.3, -0.25) is 0 Å². The minimum atomic E-state index is -2.62. The van der Waals surface area contributed by atoms with E-state index in [2.05, 4.69) is 46.8 Å². The first-order valence-corrected chi connectivity index (χ1v) is 11.6. The van der Waals surface area contributed by atoms with Gasteiger partial charge in [0.05, 0.1) is 9.71 Å². The molecular formula is C21H30N6OS. The number of pyridine rings is 1. The van der Waals surface area contributed by atoms with Crippen LogP contribution in [0.25, 0.3) is 11.0 Å². The molecule has 3 aromatic rings. The van der Waals surface area contributed by atoms with E-state index < -0.39 is 9.71 Å². The minimum absolute atomic E-state index is 0.224. The molecule has 0 saturated carbocycles. The number of piperidine rings is 1. The van der Waals surface area contributed by atoms with Crippen molar-refractivity contribution >= 4 is 32.3 Å². The molecule has 1 saturated heterocycles. The van der Waals surface area contributed by atoms with Crippen molar-refractivity contribution in [3.63, 3.8) is 0 Å². The summed E-state index contributed by atoms with van der Waals surface area (Å²) >= 11 is 0. The van der Waals surface area contributed by atoms with Crippen LogP contribution in [0.4, 0.5) is 5.69 Å². The quantitative estimate of drug-likeness (QED) is 0.616. The maximum Gasteiger partial charge on any atom is 0.151 e. The number of aromatic nitrogens is 4. The summed E-state index contributed by atoms with van der Waals surface area (Å²) in [6.07, 6.45) is 6.71. The third kappa shape index (κ3) is 3.34. The molecule has 29 heavy (non-hydrogen) atoms. The molecule has 0 bridgehead atoms. The van der Waals surface area contributed by atoms with Gasteiger partial charge in [0.1, 0.15) is 11.5 Å². The highest BCUT2D eigenvalue weighted by molar-refractivity contribution is 7.98. The predicted octanol–water partition coefficient (Wildman–Crippen LogP) is 2.45. The van der Waals surface area contributed by atoms with E-state index in [1.807, 2.05) is 53.0 Å². The van der Waals surface area contributed by atoms with E-state index in [-0.39, 0.29) is 6.04 Å². The summed E-state index contributed by atoms with van der Waals surface area (Å²) < 4.78 is 19.6. The van der Waals surface area contributed by atoms with E-state index in [1.54, 1.807) is 0 Å². The number of imidazole rings is 1. The van der Waals surface area contributed by atoms with E-state index in [0.29, 0.717) is 17.5 Å². The second kappa shape index (κ2) is 7.18. The van der Waals surface area contributed by atoms with Crippen molar-refractivity contribution in [2.45, 2.75) is 31.3 Å². The van der Waals surface area contributed by atoms with Crippen LogP contribution in [0.2, 0.25) is 0 Å². The first-order chi connectivity index (χ1) is 13.7. The molecule has 3 aromatic heterocycles. The third-order valence-electron chi connectivity index (χ3n) is 6.33. The second-order valence-corrected chi connectivity index (χ2v) is 10.4. The summed E-state index contributed by atoms with van der Waals surface area (Å²) in [7, 11) is 3.44. The lowest BCUT2D eigenvalue weighted by Crippen LogP contribution is -2.52. The third-order valence-corrected chi connectivity index (χ3v) is 8.35. The van der Waals surface area contributed by atoms with Gasteiger partial charge in [-0.15, -0.1) is 0 Å². The summed E-state index contributed by atoms with van der Waals surface area (Å²) in [5.41, 5.74) is 2.12. The first-order valence-electron chi connectivity index (χ1n) is 9.95. The fourth-order valence-corrected chi connectivity index (χ4v) is 5.90. The van der Waals surface area contributed by atoms with E-state index in [1.165, 1.54) is 0 Å². The highest BCUT2D eigenvalue weighted by Gasteiger charge is 2.34. The number of hydrogen-bond donors (Lipinski definition) is 0. The lowest BCUT2D eigenvalue weighted by atomic mass is 9.93. The van der Waals surface area contributed by atoms with Crippen LogP contribution in [-0.2, 0) is 23.8 Å². The number of nitrogens with zero attached hydrogens (tertiary/aromatic N) is 6. The van der Waals surface area contributed by atoms with Crippen LogP contribution in [0, 0.1) is 12.8 Å². The summed E-state index contributed by atoms with van der Waals surface area (Å²) in [4.78, 5) is 11.3. The zero-order valence-corrected chi connectivity index (χ0v) is 18.7. The van der Waals surface area contributed by atoms with Gasteiger partial charge in [-0.25, -0.2) is 18.5 Å². The predicted molar refractivity (Wildman–Crippen MR) is 120 cm³/mol.